The van der Waals surface area contributed by atoms with Crippen LogP contribution in [0.1, 0.15) is 5.69 Å². The van der Waals surface area contributed by atoms with E-state index in [1.807, 2.05) is 0 Å². The van der Waals surface area contributed by atoms with Crippen molar-refractivity contribution in [2.75, 3.05) is 0 Å². The van der Waals surface area contributed by atoms with Crippen LogP contribution in [0.5, 0.6) is 0 Å². The quantitative estimate of drug-likeness (QED) is 0.850. The lowest BCUT2D eigenvalue weighted by Crippen LogP contribution is -1.85. The summed E-state index contributed by atoms with van der Waals surface area (Å²) in [6.07, 6.45) is 2.45. The Kier molecular flexibility index (Phi) is 3.30. The predicted octanol–water partition coefficient (Wildman–Crippen LogP) is 3.05. The van der Waals surface area contributed by atoms with Crippen LogP contribution in [-0.2, 0) is 4.79 Å². The standard InChI is InChI=1S/C12H8FNO2S/c13-9-3-1-8(2-4-9)12-14-10(7-17-12)5-6-11(15)16/h1-7H,(H,15,16)/b6-5+. The largest absolute Gasteiger partial charge is 0.478 e. The first-order valence-electron chi connectivity index (χ1n) is 4.77. The molecule has 0 atom stereocenters. The van der Waals surface area contributed by atoms with Crippen molar-refractivity contribution in [2.45, 2.75) is 0 Å². The van der Waals surface area contributed by atoms with Gasteiger partial charge in [0.25, 0.3) is 0 Å². The second-order valence-electron chi connectivity index (χ2n) is 3.26. The molecule has 1 heterocycles. The summed E-state index contributed by atoms with van der Waals surface area (Å²) in [6, 6.07) is 6.00. The molecular formula is C12H8FNO2S. The van der Waals surface area contributed by atoms with Gasteiger partial charge in [0.05, 0.1) is 5.69 Å². The molecule has 1 aromatic carbocycles. The molecule has 2 rings (SSSR count). The summed E-state index contributed by atoms with van der Waals surface area (Å²) >= 11 is 1.38. The van der Waals surface area contributed by atoms with Crippen LogP contribution in [0.3, 0.4) is 0 Å². The highest BCUT2D eigenvalue weighted by Crippen LogP contribution is 2.24. The molecule has 0 aliphatic rings. The molecular weight excluding hydrogens is 241 g/mol. The maximum Gasteiger partial charge on any atom is 0.328 e. The van der Waals surface area contributed by atoms with E-state index < -0.39 is 5.97 Å². The lowest BCUT2D eigenvalue weighted by atomic mass is 10.2. The van der Waals surface area contributed by atoms with Crippen LogP contribution in [0.4, 0.5) is 4.39 Å². The van der Waals surface area contributed by atoms with Gasteiger partial charge >= 0.3 is 5.97 Å². The first-order chi connectivity index (χ1) is 8.15. The highest BCUT2D eigenvalue weighted by atomic mass is 32.1. The van der Waals surface area contributed by atoms with Gasteiger partial charge in [-0.2, -0.15) is 0 Å². The van der Waals surface area contributed by atoms with Crippen molar-refractivity contribution in [1.82, 2.24) is 4.98 Å². The average molecular weight is 249 g/mol. The minimum atomic E-state index is -1.01. The molecule has 0 aliphatic heterocycles. The minimum Gasteiger partial charge on any atom is -0.478 e. The van der Waals surface area contributed by atoms with E-state index in [-0.39, 0.29) is 5.82 Å². The van der Waals surface area contributed by atoms with Crippen LogP contribution in [0.15, 0.2) is 35.7 Å². The third kappa shape index (κ3) is 2.98. The maximum atomic E-state index is 12.7. The molecule has 2 aromatic rings. The lowest BCUT2D eigenvalue weighted by Gasteiger charge is -1.94. The molecule has 0 spiro atoms. The number of carboxylic acids is 1. The summed E-state index contributed by atoms with van der Waals surface area (Å²) in [5, 5.41) is 11.0. The Balaban J connectivity index is 2.23. The van der Waals surface area contributed by atoms with Crippen molar-refractivity contribution in [3.05, 3.63) is 47.2 Å². The van der Waals surface area contributed by atoms with E-state index in [1.54, 1.807) is 17.5 Å². The van der Waals surface area contributed by atoms with Crippen molar-refractivity contribution >= 4 is 23.4 Å². The summed E-state index contributed by atoms with van der Waals surface area (Å²) in [6.45, 7) is 0. The van der Waals surface area contributed by atoms with Gasteiger partial charge in [0.15, 0.2) is 0 Å². The number of hydrogen-bond acceptors (Lipinski definition) is 3. The second-order valence-corrected chi connectivity index (χ2v) is 4.11. The third-order valence-electron chi connectivity index (χ3n) is 2.01. The van der Waals surface area contributed by atoms with Gasteiger partial charge in [0, 0.05) is 17.0 Å². The molecule has 0 aliphatic carbocycles. The Labute approximate surface area is 101 Å². The van der Waals surface area contributed by atoms with Crippen LogP contribution in [0, 0.1) is 5.82 Å². The zero-order chi connectivity index (χ0) is 12.3. The number of carbonyl (C=O) groups is 1. The van der Waals surface area contributed by atoms with Gasteiger partial charge < -0.3 is 5.11 Å². The Morgan fingerprint density at radius 3 is 2.71 bits per heavy atom. The Morgan fingerprint density at radius 2 is 2.06 bits per heavy atom. The number of rotatable bonds is 3. The van der Waals surface area contributed by atoms with Crippen LogP contribution in [0.2, 0.25) is 0 Å². The zero-order valence-electron chi connectivity index (χ0n) is 8.63. The number of hydrogen-bond donors (Lipinski definition) is 1. The molecule has 0 bridgehead atoms. The smallest absolute Gasteiger partial charge is 0.328 e. The number of benzene rings is 1. The highest BCUT2D eigenvalue weighted by Gasteiger charge is 2.03. The first-order valence-corrected chi connectivity index (χ1v) is 5.65. The van der Waals surface area contributed by atoms with Crippen molar-refractivity contribution in [3.8, 4) is 10.6 Å². The summed E-state index contributed by atoms with van der Waals surface area (Å²) in [7, 11) is 0. The molecule has 0 amide bonds. The molecule has 0 fully saturated rings. The summed E-state index contributed by atoms with van der Waals surface area (Å²) in [4.78, 5) is 14.6. The van der Waals surface area contributed by atoms with E-state index >= 15 is 0 Å². The van der Waals surface area contributed by atoms with Gasteiger partial charge in [0.2, 0.25) is 0 Å². The molecule has 1 N–H and O–H groups in total. The van der Waals surface area contributed by atoms with Gasteiger partial charge in [-0.25, -0.2) is 14.2 Å². The number of halogens is 1. The van der Waals surface area contributed by atoms with Gasteiger partial charge in [-0.3, -0.25) is 0 Å². The fourth-order valence-electron chi connectivity index (χ4n) is 1.24. The molecule has 1 aromatic heterocycles. The highest BCUT2D eigenvalue weighted by molar-refractivity contribution is 7.13. The number of nitrogens with zero attached hydrogens (tertiary/aromatic N) is 1. The van der Waals surface area contributed by atoms with E-state index in [0.717, 1.165) is 16.6 Å². The molecule has 86 valence electrons. The molecule has 0 radical (unpaired) electrons. The van der Waals surface area contributed by atoms with Crippen LogP contribution in [-0.4, -0.2) is 16.1 Å². The van der Waals surface area contributed by atoms with Crippen LogP contribution in [0.25, 0.3) is 16.6 Å². The molecule has 17 heavy (non-hydrogen) atoms. The molecule has 3 nitrogen and oxygen atoms in total. The normalized spacial score (nSPS) is 10.9. The fourth-order valence-corrected chi connectivity index (χ4v) is 2.04. The summed E-state index contributed by atoms with van der Waals surface area (Å²) in [5.41, 5.74) is 1.39. The van der Waals surface area contributed by atoms with E-state index in [2.05, 4.69) is 4.98 Å². The Hall–Kier alpha value is -2.01. The SMILES string of the molecule is O=C(O)/C=C/c1csc(-c2ccc(F)cc2)n1. The molecule has 0 unspecified atom stereocenters. The zero-order valence-corrected chi connectivity index (χ0v) is 9.45. The number of thiazole rings is 1. The van der Waals surface area contributed by atoms with Crippen LogP contribution >= 0.6 is 11.3 Å². The monoisotopic (exact) mass is 249 g/mol. The van der Waals surface area contributed by atoms with Crippen molar-refractivity contribution in [3.63, 3.8) is 0 Å². The average Bonchev–Trinajstić information content (AvgIpc) is 2.76. The van der Waals surface area contributed by atoms with Gasteiger partial charge in [-0.1, -0.05) is 0 Å². The topological polar surface area (TPSA) is 50.2 Å². The lowest BCUT2D eigenvalue weighted by molar-refractivity contribution is -0.131. The van der Waals surface area contributed by atoms with E-state index in [0.29, 0.717) is 5.69 Å². The Morgan fingerprint density at radius 1 is 1.35 bits per heavy atom. The number of carboxylic acid groups (broad SMARTS) is 1. The van der Waals surface area contributed by atoms with Crippen LogP contribution < -0.4 is 0 Å². The molecule has 5 heteroatoms. The summed E-state index contributed by atoms with van der Waals surface area (Å²) < 4.78 is 12.7. The van der Waals surface area contributed by atoms with Gasteiger partial charge in [0.1, 0.15) is 10.8 Å². The molecule has 0 saturated heterocycles. The number of aliphatic carboxylic acids is 1. The fraction of sp³-hybridized carbons (Fsp3) is 0. The van der Waals surface area contributed by atoms with Gasteiger partial charge in [-0.15, -0.1) is 11.3 Å². The van der Waals surface area contributed by atoms with E-state index in [4.69, 9.17) is 5.11 Å². The second kappa shape index (κ2) is 4.88. The summed E-state index contributed by atoms with van der Waals surface area (Å²) in [5.74, 6) is -1.31. The number of aromatic nitrogens is 1. The Bertz CT molecular complexity index is 560. The molecule has 0 saturated carbocycles. The van der Waals surface area contributed by atoms with Crippen molar-refractivity contribution in [1.29, 1.82) is 0 Å². The minimum absolute atomic E-state index is 0.295. The third-order valence-corrected chi connectivity index (χ3v) is 2.92. The van der Waals surface area contributed by atoms with E-state index in [9.17, 15) is 9.18 Å². The van der Waals surface area contributed by atoms with Crippen molar-refractivity contribution in [2.24, 2.45) is 0 Å². The van der Waals surface area contributed by atoms with Crippen molar-refractivity contribution < 1.29 is 14.3 Å². The van der Waals surface area contributed by atoms with E-state index in [1.165, 1.54) is 29.5 Å². The first kappa shape index (κ1) is 11.5. The maximum absolute atomic E-state index is 12.7. The predicted molar refractivity (Wildman–Crippen MR) is 64.2 cm³/mol. The van der Waals surface area contributed by atoms with Gasteiger partial charge in [-0.05, 0) is 30.3 Å².